The molecule has 4 rings (SSSR count). The van der Waals surface area contributed by atoms with Gasteiger partial charge in [-0.25, -0.2) is 9.18 Å². The number of hydrogen-bond donors (Lipinski definition) is 0. The molecule has 2 heterocycles. The van der Waals surface area contributed by atoms with Crippen molar-refractivity contribution in [3.8, 4) is 11.1 Å². The van der Waals surface area contributed by atoms with Gasteiger partial charge in [0, 0.05) is 55.2 Å². The zero-order valence-corrected chi connectivity index (χ0v) is 33.7. The first-order valence-corrected chi connectivity index (χ1v) is 19.3. The first kappa shape index (κ1) is 41.9. The van der Waals surface area contributed by atoms with Gasteiger partial charge >= 0.3 is 5.97 Å². The molecule has 1 unspecified atom stereocenters. The molecule has 1 aromatic heterocycles. The largest absolute Gasteiger partial charge is 0.464 e. The van der Waals surface area contributed by atoms with Crippen LogP contribution in [0.2, 0.25) is 0 Å². The number of allylic oxidation sites excluding steroid dienone is 1. The Hall–Kier alpha value is -3.85. The van der Waals surface area contributed by atoms with E-state index in [4.69, 9.17) is 19.2 Å². The fraction of sp³-hybridized carbons (Fsp3) is 0.511. The van der Waals surface area contributed by atoms with Crippen LogP contribution < -0.4 is 4.90 Å². The minimum Gasteiger partial charge on any atom is -0.464 e. The van der Waals surface area contributed by atoms with E-state index in [9.17, 15) is 9.18 Å². The number of halogens is 1. The molecule has 0 spiro atoms. The predicted molar refractivity (Wildman–Crippen MR) is 215 cm³/mol. The molecule has 0 bridgehead atoms. The second kappa shape index (κ2) is 19.0. The van der Waals surface area contributed by atoms with Crippen molar-refractivity contribution in [3.63, 3.8) is 0 Å². The van der Waals surface area contributed by atoms with E-state index in [2.05, 4.69) is 66.6 Å². The van der Waals surface area contributed by atoms with Gasteiger partial charge in [-0.2, -0.15) is 0 Å². The lowest BCUT2D eigenvalue weighted by Gasteiger charge is -2.42. The Morgan fingerprint density at radius 1 is 1.02 bits per heavy atom. The molecule has 2 aromatic carbocycles. The van der Waals surface area contributed by atoms with E-state index in [1.165, 1.54) is 5.56 Å². The smallest absolute Gasteiger partial charge is 0.340 e. The number of nitrogens with zero attached hydrogens (tertiary/aromatic N) is 3. The van der Waals surface area contributed by atoms with Gasteiger partial charge in [-0.05, 0) is 109 Å². The molecule has 0 radical (unpaired) electrons. The van der Waals surface area contributed by atoms with Crippen molar-refractivity contribution in [1.82, 2.24) is 9.88 Å². The van der Waals surface area contributed by atoms with E-state index in [-0.39, 0.29) is 18.0 Å². The van der Waals surface area contributed by atoms with Crippen molar-refractivity contribution >= 4 is 11.7 Å². The molecule has 3 aromatic rings. The third kappa shape index (κ3) is 11.6. The highest BCUT2D eigenvalue weighted by molar-refractivity contribution is 5.88. The average Bonchev–Trinajstić information content (AvgIpc) is 3.10. The van der Waals surface area contributed by atoms with Crippen molar-refractivity contribution in [1.29, 1.82) is 0 Å². The fourth-order valence-electron chi connectivity index (χ4n) is 7.09. The zero-order chi connectivity index (χ0) is 38.8. The van der Waals surface area contributed by atoms with Crippen molar-refractivity contribution < 1.29 is 23.4 Å². The van der Waals surface area contributed by atoms with Crippen molar-refractivity contribution in [2.45, 2.75) is 118 Å². The number of aryl methyl sites for hydroxylation is 3. The Labute approximate surface area is 318 Å². The molecule has 53 heavy (non-hydrogen) atoms. The van der Waals surface area contributed by atoms with Gasteiger partial charge in [-0.3, -0.25) is 9.88 Å². The Morgan fingerprint density at radius 3 is 2.28 bits per heavy atom. The monoisotopic (exact) mass is 727 g/mol. The number of ether oxygens (including phenoxy) is 3. The molecule has 8 heteroatoms. The quantitative estimate of drug-likeness (QED) is 0.101. The summed E-state index contributed by atoms with van der Waals surface area (Å²) in [6.07, 6.45) is 8.88. The van der Waals surface area contributed by atoms with E-state index in [1.54, 1.807) is 12.1 Å². The summed E-state index contributed by atoms with van der Waals surface area (Å²) < 4.78 is 32.5. The van der Waals surface area contributed by atoms with Crippen LogP contribution in [0.3, 0.4) is 0 Å². The first-order valence-electron chi connectivity index (χ1n) is 19.3. The molecule has 1 atom stereocenters. The first-order chi connectivity index (χ1) is 25.2. The second-order valence-corrected chi connectivity index (χ2v) is 15.5. The molecule has 1 fully saturated rings. The highest BCUT2D eigenvalue weighted by Crippen LogP contribution is 2.44. The molecular weight excluding hydrogens is 666 g/mol. The Kier molecular flexibility index (Phi) is 15.0. The van der Waals surface area contributed by atoms with E-state index in [1.807, 2.05) is 60.6 Å². The summed E-state index contributed by atoms with van der Waals surface area (Å²) in [6.45, 7) is 26.3. The maximum absolute atomic E-state index is 14.1. The van der Waals surface area contributed by atoms with Crippen molar-refractivity contribution in [2.24, 2.45) is 0 Å². The van der Waals surface area contributed by atoms with Gasteiger partial charge in [0.05, 0.1) is 30.1 Å². The summed E-state index contributed by atoms with van der Waals surface area (Å²) >= 11 is 0. The van der Waals surface area contributed by atoms with Crippen LogP contribution >= 0.6 is 0 Å². The van der Waals surface area contributed by atoms with Crippen LogP contribution in [0, 0.1) is 26.6 Å². The lowest BCUT2D eigenvalue weighted by Crippen LogP contribution is -2.45. The zero-order valence-electron chi connectivity index (χ0n) is 33.7. The number of anilines is 1. The SMILES string of the molecule is C=CCOC1(C)CCN(c2c(-c3ccc(CN(CCC=CCC)Cc4ccc(F)c(C)c4)cc3)c(C)nc(C)c2C(OC(C)(C)C)C(=O)OCC)CC1. The van der Waals surface area contributed by atoms with Crippen LogP contribution in [0.25, 0.3) is 11.1 Å². The summed E-state index contributed by atoms with van der Waals surface area (Å²) in [4.78, 5) is 23.6. The molecule has 0 aliphatic carbocycles. The fourth-order valence-corrected chi connectivity index (χ4v) is 7.09. The number of piperidine rings is 1. The highest BCUT2D eigenvalue weighted by atomic mass is 19.1. The standard InChI is InChI=1S/C45H62FN3O4/c1-11-14-15-16-25-48(31-36-19-22-38(46)32(4)29-36)30-35-17-20-37(21-18-35)39-33(5)47-34(6)40(42(43(50)51-13-3)53-44(7,8)9)41(39)49-26-23-45(10,24-27-49)52-28-12-2/h12,14-15,17-22,29,42H,2,11,13,16,23-28,30-31H2,1,3-10H3. The van der Waals surface area contributed by atoms with Crippen LogP contribution in [-0.2, 0) is 32.1 Å². The lowest BCUT2D eigenvalue weighted by molar-refractivity contribution is -0.166. The third-order valence-corrected chi connectivity index (χ3v) is 9.79. The second-order valence-electron chi connectivity index (χ2n) is 15.5. The molecular formula is C45H62FN3O4. The number of aromatic nitrogens is 1. The van der Waals surface area contributed by atoms with Gasteiger partial charge in [-0.1, -0.05) is 61.5 Å². The molecule has 0 amide bonds. The minimum absolute atomic E-state index is 0.177. The molecule has 1 aliphatic rings. The Bertz CT molecular complexity index is 1700. The number of esters is 1. The van der Waals surface area contributed by atoms with Gasteiger partial charge in [0.25, 0.3) is 0 Å². The summed E-state index contributed by atoms with van der Waals surface area (Å²) in [6, 6.07) is 14.1. The number of carbonyl (C=O) groups is 1. The molecule has 288 valence electrons. The van der Waals surface area contributed by atoms with Crippen molar-refractivity contribution in [2.75, 3.05) is 37.7 Å². The molecule has 1 aliphatic heterocycles. The third-order valence-electron chi connectivity index (χ3n) is 9.79. The van der Waals surface area contributed by atoms with Gasteiger partial charge in [0.15, 0.2) is 6.10 Å². The summed E-state index contributed by atoms with van der Waals surface area (Å²) in [7, 11) is 0. The van der Waals surface area contributed by atoms with E-state index in [0.717, 1.165) is 97.7 Å². The van der Waals surface area contributed by atoms with Crippen LogP contribution in [0.15, 0.2) is 67.3 Å². The van der Waals surface area contributed by atoms with Crippen molar-refractivity contribution in [3.05, 3.63) is 107 Å². The number of rotatable bonds is 17. The van der Waals surface area contributed by atoms with Crippen LogP contribution in [0.1, 0.15) is 107 Å². The van der Waals surface area contributed by atoms with Gasteiger partial charge in [0.1, 0.15) is 5.82 Å². The number of carbonyl (C=O) groups excluding carboxylic acids is 1. The van der Waals surface area contributed by atoms with Gasteiger partial charge in [0.2, 0.25) is 0 Å². The van der Waals surface area contributed by atoms with E-state index < -0.39 is 17.7 Å². The average molecular weight is 728 g/mol. The van der Waals surface area contributed by atoms with Gasteiger partial charge in [-0.15, -0.1) is 6.58 Å². The molecule has 0 N–H and O–H groups in total. The topological polar surface area (TPSA) is 64.1 Å². The van der Waals surface area contributed by atoms with Crippen LogP contribution in [-0.4, -0.2) is 59.9 Å². The van der Waals surface area contributed by atoms with E-state index >= 15 is 0 Å². The summed E-state index contributed by atoms with van der Waals surface area (Å²) in [5, 5.41) is 0. The Balaban J connectivity index is 1.77. The van der Waals surface area contributed by atoms with E-state index in [0.29, 0.717) is 12.2 Å². The maximum Gasteiger partial charge on any atom is 0.340 e. The summed E-state index contributed by atoms with van der Waals surface area (Å²) in [5.74, 6) is -0.594. The predicted octanol–water partition coefficient (Wildman–Crippen LogP) is 10.2. The summed E-state index contributed by atoms with van der Waals surface area (Å²) in [5.41, 5.74) is 7.43. The Morgan fingerprint density at radius 2 is 1.68 bits per heavy atom. The van der Waals surface area contributed by atoms with Gasteiger partial charge < -0.3 is 19.1 Å². The maximum atomic E-state index is 14.1. The number of hydrogen-bond acceptors (Lipinski definition) is 7. The minimum atomic E-state index is -0.952. The molecule has 0 saturated carbocycles. The number of benzene rings is 2. The number of pyridine rings is 1. The molecule has 1 saturated heterocycles. The highest BCUT2D eigenvalue weighted by Gasteiger charge is 2.38. The van der Waals surface area contributed by atoms with Crippen LogP contribution in [0.4, 0.5) is 10.1 Å². The van der Waals surface area contributed by atoms with Crippen LogP contribution in [0.5, 0.6) is 0 Å². The molecule has 7 nitrogen and oxygen atoms in total. The lowest BCUT2D eigenvalue weighted by atomic mass is 9.89. The normalized spacial score (nSPS) is 15.3.